The van der Waals surface area contributed by atoms with Crippen LogP contribution >= 0.6 is 0 Å². The van der Waals surface area contributed by atoms with Crippen LogP contribution in [0.3, 0.4) is 0 Å². The summed E-state index contributed by atoms with van der Waals surface area (Å²) in [7, 11) is 0. The zero-order valence-corrected chi connectivity index (χ0v) is 15.0. The maximum atomic E-state index is 12.5. The number of imide groups is 1. The highest BCUT2D eigenvalue weighted by atomic mass is 16.6. The number of carbonyl (C=O) groups excluding carboxylic acids is 3. The highest BCUT2D eigenvalue weighted by Gasteiger charge is 2.36. The van der Waals surface area contributed by atoms with E-state index in [1.54, 1.807) is 45.0 Å². The minimum atomic E-state index is -0.620. The van der Waals surface area contributed by atoms with Crippen molar-refractivity contribution < 1.29 is 19.1 Å². The number of alkyl carbamates (subject to hydrolysis) is 1. The van der Waals surface area contributed by atoms with E-state index in [-0.39, 0.29) is 18.4 Å². The number of nitrogens with one attached hydrogen (secondary N) is 1. The molecule has 1 aromatic carbocycles. The third kappa shape index (κ3) is 4.68. The van der Waals surface area contributed by atoms with Crippen molar-refractivity contribution in [2.45, 2.75) is 45.8 Å². The second-order valence-electron chi connectivity index (χ2n) is 6.91. The summed E-state index contributed by atoms with van der Waals surface area (Å²) < 4.78 is 5.27. The van der Waals surface area contributed by atoms with E-state index in [0.29, 0.717) is 17.5 Å². The standard InChI is InChI=1S/C19H24N2O4/c1-5-6-9-13(20-18(24)25-19(2,3)4)12-21-16(22)14-10-7-8-11-15(14)17(21)23/h5-8,10-11,13H,9,12H2,1-4H3,(H,20,24). The highest BCUT2D eigenvalue weighted by molar-refractivity contribution is 6.21. The summed E-state index contributed by atoms with van der Waals surface area (Å²) in [5.74, 6) is -0.672. The first-order valence-electron chi connectivity index (χ1n) is 8.29. The molecule has 1 atom stereocenters. The molecule has 134 valence electrons. The van der Waals surface area contributed by atoms with E-state index < -0.39 is 17.7 Å². The monoisotopic (exact) mass is 344 g/mol. The van der Waals surface area contributed by atoms with Crippen molar-refractivity contribution in [3.05, 3.63) is 47.5 Å². The molecule has 0 aromatic heterocycles. The number of nitrogens with zero attached hydrogens (tertiary/aromatic N) is 1. The fourth-order valence-corrected chi connectivity index (χ4v) is 2.58. The summed E-state index contributed by atoms with van der Waals surface area (Å²) >= 11 is 0. The number of fused-ring (bicyclic) bond motifs is 1. The summed E-state index contributed by atoms with van der Waals surface area (Å²) in [6, 6.07) is 6.30. The number of benzene rings is 1. The number of carbonyl (C=O) groups is 3. The summed E-state index contributed by atoms with van der Waals surface area (Å²) in [5, 5.41) is 2.74. The smallest absolute Gasteiger partial charge is 0.407 e. The largest absolute Gasteiger partial charge is 0.444 e. The van der Waals surface area contributed by atoms with Crippen molar-refractivity contribution in [3.63, 3.8) is 0 Å². The van der Waals surface area contributed by atoms with Crippen molar-refractivity contribution in [3.8, 4) is 0 Å². The van der Waals surface area contributed by atoms with Gasteiger partial charge >= 0.3 is 6.09 Å². The molecule has 0 spiro atoms. The van der Waals surface area contributed by atoms with Crippen molar-refractivity contribution in [1.29, 1.82) is 0 Å². The molecule has 6 nitrogen and oxygen atoms in total. The predicted molar refractivity (Wildman–Crippen MR) is 94.4 cm³/mol. The Morgan fingerprint density at radius 2 is 1.76 bits per heavy atom. The van der Waals surface area contributed by atoms with Gasteiger partial charge in [-0.3, -0.25) is 14.5 Å². The fraction of sp³-hybridized carbons (Fsp3) is 0.421. The second-order valence-corrected chi connectivity index (χ2v) is 6.91. The molecule has 25 heavy (non-hydrogen) atoms. The van der Waals surface area contributed by atoms with Crippen LogP contribution in [0.25, 0.3) is 0 Å². The molecule has 1 aliphatic heterocycles. The van der Waals surface area contributed by atoms with E-state index in [9.17, 15) is 14.4 Å². The molecule has 6 heteroatoms. The maximum absolute atomic E-state index is 12.5. The van der Waals surface area contributed by atoms with Gasteiger partial charge in [0.1, 0.15) is 5.60 Å². The number of rotatable bonds is 5. The topological polar surface area (TPSA) is 75.7 Å². The van der Waals surface area contributed by atoms with Crippen LogP contribution < -0.4 is 5.32 Å². The van der Waals surface area contributed by atoms with Crippen LogP contribution in [-0.2, 0) is 4.74 Å². The molecule has 0 radical (unpaired) electrons. The molecule has 1 N–H and O–H groups in total. The Morgan fingerprint density at radius 3 is 2.24 bits per heavy atom. The Balaban J connectivity index is 2.11. The van der Waals surface area contributed by atoms with Crippen molar-refractivity contribution in [2.24, 2.45) is 0 Å². The van der Waals surface area contributed by atoms with Crippen LogP contribution in [0.15, 0.2) is 36.4 Å². The Kier molecular flexibility index (Phi) is 5.62. The number of hydrogen-bond acceptors (Lipinski definition) is 4. The third-order valence-electron chi connectivity index (χ3n) is 3.66. The normalized spacial score (nSPS) is 15.4. The van der Waals surface area contributed by atoms with E-state index in [1.807, 2.05) is 19.1 Å². The van der Waals surface area contributed by atoms with Gasteiger partial charge in [-0.1, -0.05) is 24.3 Å². The predicted octanol–water partition coefficient (Wildman–Crippen LogP) is 3.14. The van der Waals surface area contributed by atoms with Crippen LogP contribution in [0.5, 0.6) is 0 Å². The van der Waals surface area contributed by atoms with Crippen LogP contribution in [0.2, 0.25) is 0 Å². The van der Waals surface area contributed by atoms with Gasteiger partial charge in [0.2, 0.25) is 0 Å². The minimum absolute atomic E-state index is 0.0932. The van der Waals surface area contributed by atoms with E-state index in [4.69, 9.17) is 4.74 Å². The molecule has 1 aromatic rings. The third-order valence-corrected chi connectivity index (χ3v) is 3.66. The summed E-state index contributed by atoms with van der Waals surface area (Å²) in [6.07, 6.45) is 3.65. The molecule has 0 saturated carbocycles. The Hall–Kier alpha value is -2.63. The first kappa shape index (κ1) is 18.7. The lowest BCUT2D eigenvalue weighted by molar-refractivity contribution is 0.0469. The number of hydrogen-bond donors (Lipinski definition) is 1. The summed E-state index contributed by atoms with van der Waals surface area (Å²) in [6.45, 7) is 7.29. The Morgan fingerprint density at radius 1 is 1.20 bits per heavy atom. The molecule has 1 aliphatic rings. The quantitative estimate of drug-likeness (QED) is 0.658. The lowest BCUT2D eigenvalue weighted by atomic mass is 10.1. The Labute approximate surface area is 147 Å². The van der Waals surface area contributed by atoms with Gasteiger partial charge in [0.15, 0.2) is 0 Å². The zero-order valence-electron chi connectivity index (χ0n) is 15.0. The molecule has 0 aliphatic carbocycles. The summed E-state index contributed by atoms with van der Waals surface area (Å²) in [4.78, 5) is 38.2. The van der Waals surface area contributed by atoms with E-state index in [2.05, 4.69) is 5.32 Å². The highest BCUT2D eigenvalue weighted by Crippen LogP contribution is 2.23. The van der Waals surface area contributed by atoms with Crippen molar-refractivity contribution in [2.75, 3.05) is 6.54 Å². The SMILES string of the molecule is CC=CCC(CN1C(=O)c2ccccc2C1=O)NC(=O)OC(C)(C)C. The van der Waals surface area contributed by atoms with Gasteiger partial charge in [-0.15, -0.1) is 0 Å². The number of allylic oxidation sites excluding steroid dienone is 1. The van der Waals surface area contributed by atoms with Gasteiger partial charge in [0, 0.05) is 6.54 Å². The van der Waals surface area contributed by atoms with Crippen LogP contribution in [0, 0.1) is 0 Å². The van der Waals surface area contributed by atoms with Crippen molar-refractivity contribution >= 4 is 17.9 Å². The number of amides is 3. The summed E-state index contributed by atoms with van der Waals surface area (Å²) in [5.41, 5.74) is 0.175. The zero-order chi connectivity index (χ0) is 18.6. The van der Waals surface area contributed by atoms with E-state index >= 15 is 0 Å². The molecule has 0 fully saturated rings. The molecule has 1 unspecified atom stereocenters. The molecule has 0 bridgehead atoms. The average Bonchev–Trinajstić information content (AvgIpc) is 2.76. The van der Waals surface area contributed by atoms with Crippen molar-refractivity contribution in [1.82, 2.24) is 10.2 Å². The minimum Gasteiger partial charge on any atom is -0.444 e. The fourth-order valence-electron chi connectivity index (χ4n) is 2.58. The molecule has 1 heterocycles. The average molecular weight is 344 g/mol. The Bertz CT molecular complexity index is 669. The van der Waals surface area contributed by atoms with Gasteiger partial charge in [0.05, 0.1) is 17.2 Å². The lowest BCUT2D eigenvalue weighted by Crippen LogP contribution is -2.47. The van der Waals surface area contributed by atoms with E-state index in [1.165, 1.54) is 4.90 Å². The van der Waals surface area contributed by atoms with Gasteiger partial charge in [-0.05, 0) is 46.2 Å². The molecular weight excluding hydrogens is 320 g/mol. The molecule has 2 rings (SSSR count). The van der Waals surface area contributed by atoms with Gasteiger partial charge in [-0.25, -0.2) is 4.79 Å². The molecular formula is C19H24N2O4. The molecule has 3 amide bonds. The van der Waals surface area contributed by atoms with E-state index in [0.717, 1.165) is 0 Å². The maximum Gasteiger partial charge on any atom is 0.407 e. The first-order valence-corrected chi connectivity index (χ1v) is 8.29. The molecule has 0 saturated heterocycles. The number of ether oxygens (including phenoxy) is 1. The van der Waals surface area contributed by atoms with Gasteiger partial charge in [-0.2, -0.15) is 0 Å². The van der Waals surface area contributed by atoms with Crippen LogP contribution in [0.1, 0.15) is 54.8 Å². The lowest BCUT2D eigenvalue weighted by Gasteiger charge is -2.25. The van der Waals surface area contributed by atoms with Crippen LogP contribution in [0.4, 0.5) is 4.79 Å². The van der Waals surface area contributed by atoms with Gasteiger partial charge < -0.3 is 10.1 Å². The first-order chi connectivity index (χ1) is 11.7. The second kappa shape index (κ2) is 7.51. The van der Waals surface area contributed by atoms with Crippen LogP contribution in [-0.4, -0.2) is 41.0 Å². The van der Waals surface area contributed by atoms with Gasteiger partial charge in [0.25, 0.3) is 11.8 Å².